The van der Waals surface area contributed by atoms with Gasteiger partial charge < -0.3 is 18.9 Å². The van der Waals surface area contributed by atoms with Crippen LogP contribution in [0, 0.1) is 0 Å². The van der Waals surface area contributed by atoms with Crippen molar-refractivity contribution in [1.82, 2.24) is 9.78 Å². The van der Waals surface area contributed by atoms with Crippen molar-refractivity contribution in [3.63, 3.8) is 0 Å². The van der Waals surface area contributed by atoms with Gasteiger partial charge in [0.25, 0.3) is 0 Å². The molecule has 0 unspecified atom stereocenters. The molecule has 0 amide bonds. The normalized spacial score (nSPS) is 10.7. The Morgan fingerprint density at radius 2 is 1.57 bits per heavy atom. The van der Waals surface area contributed by atoms with Crippen LogP contribution in [0.25, 0.3) is 5.70 Å². The van der Waals surface area contributed by atoms with Gasteiger partial charge in [-0.1, -0.05) is 0 Å². The van der Waals surface area contributed by atoms with E-state index in [0.29, 0.717) is 0 Å². The molecule has 124 valence electrons. The molecule has 1 heterocycles. The van der Waals surface area contributed by atoms with E-state index in [4.69, 9.17) is 0 Å². The average Bonchev–Trinajstić information content (AvgIpc) is 3.02. The van der Waals surface area contributed by atoms with E-state index < -0.39 is 23.9 Å². The number of carbonyl (C=O) groups excluding carboxylic acids is 4. The first kappa shape index (κ1) is 17.9. The summed E-state index contributed by atoms with van der Waals surface area (Å²) in [6.45, 7) is 0. The van der Waals surface area contributed by atoms with E-state index in [9.17, 15) is 19.2 Å². The molecular weight excluding hydrogens is 312 g/mol. The molecule has 0 N–H and O–H groups in total. The summed E-state index contributed by atoms with van der Waals surface area (Å²) in [6, 6.07) is 0. The van der Waals surface area contributed by atoms with Gasteiger partial charge in [0, 0.05) is 6.20 Å². The number of hydrogen-bond donors (Lipinski definition) is 0. The summed E-state index contributed by atoms with van der Waals surface area (Å²) in [4.78, 5) is 46.5. The summed E-state index contributed by atoms with van der Waals surface area (Å²) >= 11 is 0. The van der Waals surface area contributed by atoms with Crippen LogP contribution in [-0.4, -0.2) is 62.1 Å². The van der Waals surface area contributed by atoms with Crippen LogP contribution in [0.1, 0.15) is 20.8 Å². The summed E-state index contributed by atoms with van der Waals surface area (Å²) in [6.07, 6.45) is 1.82. The van der Waals surface area contributed by atoms with Crippen molar-refractivity contribution in [2.75, 3.05) is 28.4 Å². The summed E-state index contributed by atoms with van der Waals surface area (Å²) in [5.74, 6) is -3.60. The Morgan fingerprint density at radius 3 is 2.04 bits per heavy atom. The monoisotopic (exact) mass is 326 g/mol. The van der Waals surface area contributed by atoms with E-state index in [2.05, 4.69) is 24.0 Å². The Morgan fingerprint density at radius 1 is 0.957 bits per heavy atom. The van der Waals surface area contributed by atoms with Crippen LogP contribution in [-0.2, 0) is 28.5 Å². The van der Waals surface area contributed by atoms with Crippen molar-refractivity contribution in [2.24, 2.45) is 0 Å². The van der Waals surface area contributed by atoms with Crippen LogP contribution in [0.3, 0.4) is 0 Å². The van der Waals surface area contributed by atoms with Gasteiger partial charge in [-0.25, -0.2) is 23.9 Å². The maximum atomic E-state index is 11.8. The number of methoxy groups -OCH3 is 4. The number of rotatable bonds is 5. The second-order valence-electron chi connectivity index (χ2n) is 3.86. The van der Waals surface area contributed by atoms with Crippen molar-refractivity contribution < 1.29 is 38.1 Å². The minimum Gasteiger partial charge on any atom is -0.466 e. The van der Waals surface area contributed by atoms with Gasteiger partial charge in [0.15, 0.2) is 11.4 Å². The number of esters is 4. The Labute approximate surface area is 130 Å². The van der Waals surface area contributed by atoms with E-state index in [1.165, 1.54) is 0 Å². The predicted molar refractivity (Wildman–Crippen MR) is 73.2 cm³/mol. The fourth-order valence-corrected chi connectivity index (χ4v) is 1.50. The Balaban J connectivity index is 3.49. The second kappa shape index (κ2) is 7.73. The third kappa shape index (κ3) is 3.93. The molecule has 23 heavy (non-hydrogen) atoms. The SMILES string of the molecule is COC(=O)/C=C(\C(=O)OC)n1cc(C(=O)OC)c(C(=O)OC)n1. The average molecular weight is 326 g/mol. The van der Waals surface area contributed by atoms with Crippen molar-refractivity contribution in [2.45, 2.75) is 0 Å². The van der Waals surface area contributed by atoms with Gasteiger partial charge >= 0.3 is 23.9 Å². The maximum absolute atomic E-state index is 11.8. The molecule has 0 saturated heterocycles. The van der Waals surface area contributed by atoms with Gasteiger partial charge in [-0.2, -0.15) is 5.10 Å². The molecule has 0 bridgehead atoms. The topological polar surface area (TPSA) is 123 Å². The van der Waals surface area contributed by atoms with Gasteiger partial charge in [0.2, 0.25) is 0 Å². The molecule has 1 rings (SSSR count). The van der Waals surface area contributed by atoms with Crippen LogP contribution in [0.15, 0.2) is 12.3 Å². The fourth-order valence-electron chi connectivity index (χ4n) is 1.50. The van der Waals surface area contributed by atoms with E-state index >= 15 is 0 Å². The van der Waals surface area contributed by atoms with Crippen molar-refractivity contribution >= 4 is 29.6 Å². The van der Waals surface area contributed by atoms with E-state index in [-0.39, 0.29) is 17.0 Å². The van der Waals surface area contributed by atoms with Crippen LogP contribution in [0.5, 0.6) is 0 Å². The lowest BCUT2D eigenvalue weighted by Gasteiger charge is -2.04. The van der Waals surface area contributed by atoms with Gasteiger partial charge in [0.05, 0.1) is 34.5 Å². The molecule has 1 aromatic rings. The minimum atomic E-state index is -0.939. The van der Waals surface area contributed by atoms with Gasteiger partial charge in [-0.15, -0.1) is 0 Å². The van der Waals surface area contributed by atoms with Gasteiger partial charge in [-0.3, -0.25) is 0 Å². The molecule has 0 atom stereocenters. The van der Waals surface area contributed by atoms with Gasteiger partial charge in [0.1, 0.15) is 5.56 Å². The minimum absolute atomic E-state index is 0.251. The van der Waals surface area contributed by atoms with Crippen LogP contribution < -0.4 is 0 Å². The summed E-state index contributed by atoms with van der Waals surface area (Å²) in [5.41, 5.74) is -1.02. The van der Waals surface area contributed by atoms with Crippen LogP contribution in [0.2, 0.25) is 0 Å². The Hall–Kier alpha value is -3.17. The number of hydrogen-bond acceptors (Lipinski definition) is 9. The lowest BCUT2D eigenvalue weighted by Crippen LogP contribution is -2.14. The third-order valence-corrected chi connectivity index (χ3v) is 2.60. The first-order valence-corrected chi connectivity index (χ1v) is 6.04. The van der Waals surface area contributed by atoms with Gasteiger partial charge in [-0.05, 0) is 0 Å². The first-order valence-electron chi connectivity index (χ1n) is 6.04. The number of carbonyl (C=O) groups is 4. The fraction of sp³-hybridized carbons (Fsp3) is 0.308. The Kier molecular flexibility index (Phi) is 6.01. The molecule has 0 saturated carbocycles. The Bertz CT molecular complexity index is 640. The maximum Gasteiger partial charge on any atom is 0.359 e. The van der Waals surface area contributed by atoms with Crippen LogP contribution >= 0.6 is 0 Å². The summed E-state index contributed by atoms with van der Waals surface area (Å²) in [7, 11) is 4.39. The zero-order valence-electron chi connectivity index (χ0n) is 12.8. The first-order chi connectivity index (χ1) is 10.9. The molecule has 0 aromatic carbocycles. The highest BCUT2D eigenvalue weighted by molar-refractivity contribution is 6.15. The summed E-state index contributed by atoms with van der Waals surface area (Å²) in [5, 5.41) is 3.77. The van der Waals surface area contributed by atoms with E-state index in [1.807, 2.05) is 0 Å². The van der Waals surface area contributed by atoms with Crippen molar-refractivity contribution in [3.8, 4) is 0 Å². The standard InChI is InChI=1S/C13H14N2O8/c1-20-9(16)5-8(12(18)22-3)15-6-7(11(17)21-2)10(14-15)13(19)23-4/h5-6H,1-4H3/b8-5+. The van der Waals surface area contributed by atoms with Crippen LogP contribution in [0.4, 0.5) is 0 Å². The molecule has 1 aromatic heterocycles. The molecular formula is C13H14N2O8. The van der Waals surface area contributed by atoms with Crippen molar-refractivity contribution in [3.05, 3.63) is 23.5 Å². The second-order valence-corrected chi connectivity index (χ2v) is 3.86. The molecule has 0 aliphatic rings. The zero-order chi connectivity index (χ0) is 17.6. The third-order valence-electron chi connectivity index (χ3n) is 2.60. The van der Waals surface area contributed by atoms with Crippen molar-refractivity contribution in [1.29, 1.82) is 0 Å². The predicted octanol–water partition coefficient (Wildman–Crippen LogP) is -0.357. The molecule has 0 aliphatic heterocycles. The highest BCUT2D eigenvalue weighted by atomic mass is 16.5. The largest absolute Gasteiger partial charge is 0.466 e. The molecule has 0 fully saturated rings. The number of ether oxygens (including phenoxy) is 4. The lowest BCUT2D eigenvalue weighted by molar-refractivity contribution is -0.137. The smallest absolute Gasteiger partial charge is 0.359 e. The number of nitrogens with zero attached hydrogens (tertiary/aromatic N) is 2. The molecule has 0 spiro atoms. The summed E-state index contributed by atoms with van der Waals surface area (Å²) < 4.78 is 18.8. The molecule has 10 nitrogen and oxygen atoms in total. The lowest BCUT2D eigenvalue weighted by atomic mass is 10.2. The highest BCUT2D eigenvalue weighted by Gasteiger charge is 2.26. The molecule has 10 heteroatoms. The highest BCUT2D eigenvalue weighted by Crippen LogP contribution is 2.15. The van der Waals surface area contributed by atoms with E-state index in [0.717, 1.165) is 45.4 Å². The zero-order valence-corrected chi connectivity index (χ0v) is 12.8. The number of aromatic nitrogens is 2. The van der Waals surface area contributed by atoms with E-state index in [1.54, 1.807) is 0 Å². The quantitative estimate of drug-likeness (QED) is 0.405. The molecule has 0 radical (unpaired) electrons. The molecule has 0 aliphatic carbocycles.